The molecule has 31 heavy (non-hydrogen) atoms. The van der Waals surface area contributed by atoms with E-state index in [1.54, 1.807) is 25.3 Å². The average molecular weight is 505 g/mol. The topological polar surface area (TPSA) is 93.6 Å². The Morgan fingerprint density at radius 2 is 1.90 bits per heavy atom. The van der Waals surface area contributed by atoms with E-state index in [1.807, 2.05) is 41.1 Å². The third kappa shape index (κ3) is 6.27. The van der Waals surface area contributed by atoms with E-state index >= 15 is 0 Å². The number of hydrogen-bond acceptors (Lipinski definition) is 5. The van der Waals surface area contributed by atoms with E-state index in [0.29, 0.717) is 29.0 Å². The first kappa shape index (κ1) is 22.7. The van der Waals surface area contributed by atoms with Gasteiger partial charge in [0.05, 0.1) is 11.1 Å². The van der Waals surface area contributed by atoms with Crippen molar-refractivity contribution >= 4 is 56.0 Å². The van der Waals surface area contributed by atoms with Gasteiger partial charge < -0.3 is 14.0 Å². The van der Waals surface area contributed by atoms with E-state index in [1.165, 1.54) is 0 Å². The first-order valence-corrected chi connectivity index (χ1v) is 10.5. The molecule has 3 N–H and O–H groups in total. The summed E-state index contributed by atoms with van der Waals surface area (Å²) >= 11 is 8.46. The van der Waals surface area contributed by atoms with Crippen LogP contribution < -0.4 is 20.9 Å². The normalized spacial score (nSPS) is 10.5. The van der Waals surface area contributed by atoms with Gasteiger partial charge in [-0.15, -0.1) is 0 Å². The number of rotatable bonds is 7. The minimum atomic E-state index is -0.424. The van der Waals surface area contributed by atoms with Gasteiger partial charge in [0.1, 0.15) is 18.9 Å². The van der Waals surface area contributed by atoms with Gasteiger partial charge in [-0.05, 0) is 63.9 Å². The number of para-hydroxylation sites is 1. The average Bonchev–Trinajstić information content (AvgIpc) is 3.16. The predicted octanol–water partition coefficient (Wildman–Crippen LogP) is 2.76. The van der Waals surface area contributed by atoms with Crippen LogP contribution in [0, 0.1) is 0 Å². The molecule has 0 saturated heterocycles. The zero-order valence-electron chi connectivity index (χ0n) is 16.7. The fourth-order valence-electron chi connectivity index (χ4n) is 2.80. The highest BCUT2D eigenvalue weighted by Crippen LogP contribution is 2.26. The highest BCUT2D eigenvalue weighted by atomic mass is 79.9. The molecule has 0 radical (unpaired) electrons. The molecule has 1 heterocycles. The van der Waals surface area contributed by atoms with Gasteiger partial charge in [0.25, 0.3) is 11.8 Å². The second-order valence-electron chi connectivity index (χ2n) is 6.45. The number of thiocarbonyl (C=S) groups is 1. The van der Waals surface area contributed by atoms with Crippen molar-refractivity contribution in [3.63, 3.8) is 0 Å². The number of ether oxygens (including phenoxy) is 2. The number of carbonyl (C=O) groups is 2. The minimum Gasteiger partial charge on any atom is -0.490 e. The van der Waals surface area contributed by atoms with Crippen LogP contribution in [-0.2, 0) is 16.1 Å². The number of nitrogens with zero attached hydrogens (tertiary/aromatic N) is 1. The van der Waals surface area contributed by atoms with Gasteiger partial charge >= 0.3 is 0 Å². The summed E-state index contributed by atoms with van der Waals surface area (Å²) in [5.41, 5.74) is 6.35. The molecule has 0 unspecified atom stereocenters. The second kappa shape index (κ2) is 10.9. The molecule has 0 atom stereocenters. The van der Waals surface area contributed by atoms with Crippen LogP contribution in [0.2, 0.25) is 0 Å². The van der Waals surface area contributed by atoms with Crippen LogP contribution in [0.5, 0.6) is 5.75 Å². The van der Waals surface area contributed by atoms with E-state index in [9.17, 15) is 9.59 Å². The first-order chi connectivity index (χ1) is 15.0. The molecule has 2 amide bonds. The zero-order chi connectivity index (χ0) is 22.2. The monoisotopic (exact) mass is 504 g/mol. The number of fused-ring (bicyclic) bond motifs is 1. The van der Waals surface area contributed by atoms with Crippen LogP contribution in [0.25, 0.3) is 10.9 Å². The fourth-order valence-corrected chi connectivity index (χ4v) is 3.44. The van der Waals surface area contributed by atoms with Gasteiger partial charge in [-0.2, -0.15) is 0 Å². The minimum absolute atomic E-state index is 0.0211. The zero-order valence-corrected chi connectivity index (χ0v) is 19.1. The molecule has 162 valence electrons. The molecule has 8 nitrogen and oxygen atoms in total. The van der Waals surface area contributed by atoms with Crippen molar-refractivity contribution in [2.24, 2.45) is 0 Å². The van der Waals surface area contributed by atoms with Crippen LogP contribution in [0.3, 0.4) is 0 Å². The van der Waals surface area contributed by atoms with Crippen molar-refractivity contribution in [2.75, 3.05) is 20.3 Å². The standard InChI is InChI=1S/C21H21BrN4O4S/c1-29-10-11-30-18-7-6-15(12-16(18)22)20(28)23-21(31)25-24-19(27)13-26-9-8-14-4-2-3-5-17(14)26/h2-9,12H,10-11,13H2,1H3,(H,24,27)(H2,23,25,28,31). The van der Waals surface area contributed by atoms with Crippen LogP contribution >= 0.6 is 28.1 Å². The molecular weight excluding hydrogens is 484 g/mol. The van der Waals surface area contributed by atoms with Crippen molar-refractivity contribution in [1.82, 2.24) is 20.7 Å². The number of nitrogens with one attached hydrogen (secondary N) is 3. The maximum atomic E-state index is 12.4. The van der Waals surface area contributed by atoms with E-state index in [-0.39, 0.29) is 17.6 Å². The molecule has 10 heteroatoms. The van der Waals surface area contributed by atoms with E-state index < -0.39 is 5.91 Å². The van der Waals surface area contributed by atoms with Crippen molar-refractivity contribution < 1.29 is 19.1 Å². The van der Waals surface area contributed by atoms with Crippen LogP contribution in [0.4, 0.5) is 0 Å². The Kier molecular flexibility index (Phi) is 7.99. The molecule has 0 spiro atoms. The second-order valence-corrected chi connectivity index (χ2v) is 7.71. The lowest BCUT2D eigenvalue weighted by atomic mass is 10.2. The number of methoxy groups -OCH3 is 1. The van der Waals surface area contributed by atoms with Crippen LogP contribution in [0.1, 0.15) is 10.4 Å². The van der Waals surface area contributed by atoms with Crippen LogP contribution in [-0.4, -0.2) is 41.8 Å². The van der Waals surface area contributed by atoms with Crippen molar-refractivity contribution in [3.8, 4) is 5.75 Å². The molecule has 3 rings (SSSR count). The quantitative estimate of drug-likeness (QED) is 0.260. The predicted molar refractivity (Wildman–Crippen MR) is 125 cm³/mol. The molecule has 0 aliphatic heterocycles. The molecule has 2 aromatic carbocycles. The van der Waals surface area contributed by atoms with Crippen molar-refractivity contribution in [1.29, 1.82) is 0 Å². The molecular formula is C21H21BrN4O4S. The largest absolute Gasteiger partial charge is 0.490 e. The van der Waals surface area contributed by atoms with Gasteiger partial charge in [-0.3, -0.25) is 25.8 Å². The molecule has 0 aliphatic rings. The fraction of sp³-hybridized carbons (Fsp3) is 0.190. The van der Waals surface area contributed by atoms with Gasteiger partial charge in [0.15, 0.2) is 5.11 Å². The smallest absolute Gasteiger partial charge is 0.258 e. The summed E-state index contributed by atoms with van der Waals surface area (Å²) in [7, 11) is 1.59. The lowest BCUT2D eigenvalue weighted by Gasteiger charge is -2.12. The van der Waals surface area contributed by atoms with E-state index in [4.69, 9.17) is 21.7 Å². The maximum Gasteiger partial charge on any atom is 0.258 e. The van der Waals surface area contributed by atoms with Crippen molar-refractivity contribution in [2.45, 2.75) is 6.54 Å². The highest BCUT2D eigenvalue weighted by Gasteiger charge is 2.12. The van der Waals surface area contributed by atoms with Gasteiger partial charge in [0, 0.05) is 24.4 Å². The number of halogens is 1. The third-order valence-electron chi connectivity index (χ3n) is 4.28. The summed E-state index contributed by atoms with van der Waals surface area (Å²) in [6.07, 6.45) is 1.84. The Labute approximate surface area is 193 Å². The number of hydrazine groups is 1. The SMILES string of the molecule is COCCOc1ccc(C(=O)NC(=S)NNC(=O)Cn2ccc3ccccc32)cc1Br. The summed E-state index contributed by atoms with van der Waals surface area (Å²) in [6, 6.07) is 14.6. The number of aromatic nitrogens is 1. The molecule has 1 aromatic heterocycles. The number of amides is 2. The number of hydrogen-bond donors (Lipinski definition) is 3. The van der Waals surface area contributed by atoms with Crippen molar-refractivity contribution in [3.05, 3.63) is 64.8 Å². The summed E-state index contributed by atoms with van der Waals surface area (Å²) in [5, 5.41) is 3.54. The molecule has 3 aromatic rings. The van der Waals surface area contributed by atoms with E-state index in [2.05, 4.69) is 32.1 Å². The summed E-state index contributed by atoms with van der Waals surface area (Å²) in [5.74, 6) is -0.135. The first-order valence-electron chi connectivity index (χ1n) is 9.33. The molecule has 0 bridgehead atoms. The van der Waals surface area contributed by atoms with Crippen LogP contribution in [0.15, 0.2) is 59.2 Å². The summed E-state index contributed by atoms with van der Waals surface area (Å²) in [4.78, 5) is 24.6. The Bertz CT molecular complexity index is 1100. The number of benzene rings is 2. The Balaban J connectivity index is 1.48. The number of carbonyl (C=O) groups excluding carboxylic acids is 2. The highest BCUT2D eigenvalue weighted by molar-refractivity contribution is 9.10. The molecule has 0 fully saturated rings. The van der Waals surface area contributed by atoms with E-state index in [0.717, 1.165) is 10.9 Å². The summed E-state index contributed by atoms with van der Waals surface area (Å²) in [6.45, 7) is 0.961. The Morgan fingerprint density at radius 3 is 2.68 bits per heavy atom. The van der Waals surface area contributed by atoms with Gasteiger partial charge in [-0.1, -0.05) is 18.2 Å². The Hall–Kier alpha value is -2.95. The Morgan fingerprint density at radius 1 is 1.10 bits per heavy atom. The molecule has 0 aliphatic carbocycles. The lowest BCUT2D eigenvalue weighted by molar-refractivity contribution is -0.122. The molecule has 0 saturated carbocycles. The van der Waals surface area contributed by atoms with Gasteiger partial charge in [-0.25, -0.2) is 0 Å². The lowest BCUT2D eigenvalue weighted by Crippen LogP contribution is -2.49. The van der Waals surface area contributed by atoms with Gasteiger partial charge in [0.2, 0.25) is 0 Å². The maximum absolute atomic E-state index is 12.4. The summed E-state index contributed by atoms with van der Waals surface area (Å²) < 4.78 is 12.9. The third-order valence-corrected chi connectivity index (χ3v) is 5.10.